The van der Waals surface area contributed by atoms with E-state index >= 15 is 0 Å². The Morgan fingerprint density at radius 1 is 0.465 bits per heavy atom. The highest BCUT2D eigenvalue weighted by atomic mass is 16.8. The van der Waals surface area contributed by atoms with Crippen LogP contribution in [0.3, 0.4) is 0 Å². The first-order valence-corrected chi connectivity index (χ1v) is 33.3. The Bertz CT molecular complexity index is 3840. The number of amides is 2. The van der Waals surface area contributed by atoms with Crippen molar-refractivity contribution in [2.75, 3.05) is 33.0 Å². The van der Waals surface area contributed by atoms with Crippen LogP contribution in [-0.4, -0.2) is 165 Å². The second-order valence-corrected chi connectivity index (χ2v) is 24.6. The Labute approximate surface area is 582 Å². The van der Waals surface area contributed by atoms with Gasteiger partial charge in [-0.15, -0.1) is 0 Å². The van der Waals surface area contributed by atoms with Crippen molar-refractivity contribution in [3.05, 3.63) is 255 Å². The van der Waals surface area contributed by atoms with Crippen molar-refractivity contribution in [3.8, 4) is 0 Å². The van der Waals surface area contributed by atoms with Crippen LogP contribution in [-0.2, 0) is 123 Å². The molecule has 5 heterocycles. The summed E-state index contributed by atoms with van der Waals surface area (Å²) in [5, 5.41) is 12.0. The van der Waals surface area contributed by atoms with Gasteiger partial charge in [-0.25, -0.2) is 0 Å². The van der Waals surface area contributed by atoms with Gasteiger partial charge in [0.2, 0.25) is 0 Å². The van der Waals surface area contributed by atoms with E-state index in [9.17, 15) is 34.1 Å². The van der Waals surface area contributed by atoms with Gasteiger partial charge in [-0.2, -0.15) is 0 Å². The van der Waals surface area contributed by atoms with Crippen LogP contribution in [0.15, 0.2) is 200 Å². The lowest BCUT2D eigenvalue weighted by Gasteiger charge is -2.52. The highest BCUT2D eigenvalue weighted by molar-refractivity contribution is 6.21. The molecule has 2 amide bonds. The van der Waals surface area contributed by atoms with E-state index in [4.69, 9.17) is 75.8 Å². The monoisotopic (exact) mass is 1390 g/mol. The van der Waals surface area contributed by atoms with Gasteiger partial charge in [0.05, 0.1) is 81.1 Å². The molecular weight excluding hydrogens is 1310 g/mol. The number of rotatable bonds is 30. The quantitative estimate of drug-likeness (QED) is 0.0101. The lowest BCUT2D eigenvalue weighted by Crippen LogP contribution is -2.70. The van der Waals surface area contributed by atoms with Crippen molar-refractivity contribution in [3.63, 3.8) is 0 Å². The van der Waals surface area contributed by atoms with Gasteiger partial charge in [-0.05, 0) is 40.5 Å². The highest BCUT2D eigenvalue weighted by Gasteiger charge is 2.61. The predicted octanol–water partition coefficient (Wildman–Crippen LogP) is 9.25. The fourth-order valence-corrected chi connectivity index (χ4v) is 12.9. The second kappa shape index (κ2) is 34.6. The van der Waals surface area contributed by atoms with E-state index in [0.29, 0.717) is 11.1 Å². The van der Waals surface area contributed by atoms with Gasteiger partial charge in [0.25, 0.3) is 17.5 Å². The molecule has 7 aromatic carbocycles. The number of carbonyl (C=O) groups excluding carboxylic acids is 5. The molecule has 5 aliphatic heterocycles. The van der Waals surface area contributed by atoms with E-state index in [2.05, 4.69) is 0 Å². The number of para-hydroxylation sites is 1. The molecular formula is C76H78N2O23. The zero-order valence-electron chi connectivity index (χ0n) is 55.6. The number of nitro groups is 1. The Morgan fingerprint density at radius 2 is 0.950 bits per heavy atom. The van der Waals surface area contributed by atoms with E-state index in [1.54, 1.807) is 30.3 Å². The zero-order valence-corrected chi connectivity index (χ0v) is 55.6. The van der Waals surface area contributed by atoms with Gasteiger partial charge in [0.15, 0.2) is 37.4 Å². The molecule has 4 fully saturated rings. The van der Waals surface area contributed by atoms with Gasteiger partial charge in [0, 0.05) is 32.4 Å². The first kappa shape index (κ1) is 71.8. The van der Waals surface area contributed by atoms with Gasteiger partial charge in [-0.1, -0.05) is 176 Å². The molecule has 101 heavy (non-hydrogen) atoms. The van der Waals surface area contributed by atoms with E-state index in [0.717, 1.165) is 47.9 Å². The number of esters is 3. The van der Waals surface area contributed by atoms with Gasteiger partial charge in [-0.3, -0.25) is 39.0 Å². The highest BCUT2D eigenvalue weighted by Crippen LogP contribution is 2.42. The Kier molecular flexibility index (Phi) is 24.6. The number of ether oxygens (including phenoxy) is 16. The van der Waals surface area contributed by atoms with E-state index in [1.165, 1.54) is 18.2 Å². The molecule has 0 spiro atoms. The smallest absolute Gasteiger partial charge is 0.303 e. The average Bonchev–Trinajstić information content (AvgIpc) is 1.73. The van der Waals surface area contributed by atoms with E-state index in [-0.39, 0.29) is 69.7 Å². The molecule has 0 aliphatic carbocycles. The van der Waals surface area contributed by atoms with Gasteiger partial charge >= 0.3 is 17.9 Å². The molecule has 12 rings (SSSR count). The third-order valence-corrected chi connectivity index (χ3v) is 17.6. The maximum Gasteiger partial charge on any atom is 0.303 e. The summed E-state index contributed by atoms with van der Waals surface area (Å²) in [5.41, 5.74) is 4.12. The molecule has 7 aromatic rings. The third-order valence-electron chi connectivity index (χ3n) is 17.6. The van der Waals surface area contributed by atoms with Crippen LogP contribution >= 0.6 is 0 Å². The predicted molar refractivity (Wildman–Crippen MR) is 354 cm³/mol. The van der Waals surface area contributed by atoms with E-state index in [1.807, 2.05) is 152 Å². The minimum absolute atomic E-state index is 0.00383. The third kappa shape index (κ3) is 18.0. The van der Waals surface area contributed by atoms with Crippen LogP contribution in [0.2, 0.25) is 0 Å². The lowest BCUT2D eigenvalue weighted by molar-refractivity contribution is -0.398. The maximum atomic E-state index is 15.0. The largest absolute Gasteiger partial charge is 0.463 e. The van der Waals surface area contributed by atoms with Gasteiger partial charge < -0.3 is 75.8 Å². The normalized spacial score (nSPS) is 27.0. The van der Waals surface area contributed by atoms with Crippen LogP contribution < -0.4 is 0 Å². The average molecular weight is 1390 g/mol. The Morgan fingerprint density at radius 3 is 1.51 bits per heavy atom. The zero-order chi connectivity index (χ0) is 70.2. The van der Waals surface area contributed by atoms with Crippen LogP contribution in [0.5, 0.6) is 0 Å². The molecule has 0 N–H and O–H groups in total. The summed E-state index contributed by atoms with van der Waals surface area (Å²) in [7, 11) is 0. The first-order valence-electron chi connectivity index (χ1n) is 33.3. The minimum atomic E-state index is -1.91. The number of nitro benzene ring substituents is 1. The van der Waals surface area contributed by atoms with Crippen LogP contribution in [0.1, 0.15) is 81.2 Å². The molecule has 0 radical (unpaired) electrons. The van der Waals surface area contributed by atoms with Crippen molar-refractivity contribution < 1.29 is 105 Å². The van der Waals surface area contributed by atoms with Crippen LogP contribution in [0.4, 0.5) is 5.69 Å². The molecule has 16 atom stereocenters. The number of imide groups is 1. The van der Waals surface area contributed by atoms with Crippen LogP contribution in [0.25, 0.3) is 0 Å². The number of hydrogen-bond donors (Lipinski definition) is 0. The summed E-state index contributed by atoms with van der Waals surface area (Å²) in [6.45, 7) is 2.09. The topological polar surface area (TPSA) is 279 Å². The lowest BCUT2D eigenvalue weighted by atomic mass is 9.93. The van der Waals surface area contributed by atoms with Gasteiger partial charge in [0.1, 0.15) is 67.6 Å². The molecule has 5 aliphatic rings. The SMILES string of the molecule is CC(=O)OC[C@H]1O[C@@H](O[C@@H]2[C@@H](OC[C@H]3O[C@@H](OCCOCc4ccccc4[N+](=O)[O-])[C@H](OCc4ccccc4)[C@@H](OCc4ccccc4)[C@@H]3OCc3ccccc3)O[C@@H]3CO[C@@H](c4ccccc4)O[C@H]3[C@@H]2OCc2ccccc2)[C@H](N2C(=O)c3ccccc3C2=O)[C@@H](OC(C)=O)[C@@H]1OC(C)=O. The van der Waals surface area contributed by atoms with Crippen LogP contribution in [0, 0.1) is 10.1 Å². The Balaban J connectivity index is 0.955. The molecule has 4 saturated heterocycles. The van der Waals surface area contributed by atoms with Crippen molar-refractivity contribution >= 4 is 35.4 Å². The first-order chi connectivity index (χ1) is 49.2. The molecule has 0 unspecified atom stereocenters. The molecule has 25 nitrogen and oxygen atoms in total. The van der Waals surface area contributed by atoms with Crippen molar-refractivity contribution in [1.82, 2.24) is 4.90 Å². The molecule has 530 valence electrons. The number of fused-ring (bicyclic) bond motifs is 2. The number of carbonyl (C=O) groups is 5. The fourth-order valence-electron chi connectivity index (χ4n) is 12.9. The number of benzene rings is 7. The molecule has 25 heteroatoms. The summed E-state index contributed by atoms with van der Waals surface area (Å²) in [6, 6.07) is 57.6. The standard InChI is InChI=1S/C76H78N2O23/c1-47(79)88-44-60-64(95-48(2)80)66(96-49(3)81)62(77-71(82)56-34-20-21-35-57(56)72(77)83)74(97-60)101-70-68(91-41-52-27-13-6-14-28-52)65-61(46-93-73(100-65)54-31-17-8-18-32-54)99-76(70)94-45-59-63(89-39-50-23-9-4-10-24-50)67(90-40-51-25-11-5-12-26-51)69(92-42-53-29-15-7-16-30-53)75(98-59)87-38-37-86-43-55-33-19-22-36-58(55)78(84)85/h4-36,59-70,73-76H,37-46H2,1-3H3/t59-,60-,61-,62-,63-,64-,65-,66-,67+,68+,69-,70+,73-,74+,75-,76+/m1/s1. The van der Waals surface area contributed by atoms with Crippen molar-refractivity contribution in [2.24, 2.45) is 0 Å². The molecule has 0 saturated carbocycles. The van der Waals surface area contributed by atoms with E-state index < -0.39 is 146 Å². The molecule has 0 aromatic heterocycles. The Hall–Kier alpha value is -9.03. The fraction of sp³-hybridized carbons (Fsp3) is 0.382. The molecule has 0 bridgehead atoms. The summed E-state index contributed by atoms with van der Waals surface area (Å²) in [5.74, 6) is -4.21. The summed E-state index contributed by atoms with van der Waals surface area (Å²) < 4.78 is 107. The van der Waals surface area contributed by atoms with Crippen molar-refractivity contribution in [2.45, 2.75) is 152 Å². The maximum absolute atomic E-state index is 15.0. The second-order valence-electron chi connectivity index (χ2n) is 24.6. The summed E-state index contributed by atoms with van der Waals surface area (Å²) in [6.07, 6.45) is -19.8. The van der Waals surface area contributed by atoms with Crippen molar-refractivity contribution in [1.29, 1.82) is 0 Å². The summed E-state index contributed by atoms with van der Waals surface area (Å²) in [4.78, 5) is 81.8. The summed E-state index contributed by atoms with van der Waals surface area (Å²) >= 11 is 0. The number of hydrogen-bond acceptors (Lipinski definition) is 23. The number of nitrogens with zero attached hydrogens (tertiary/aromatic N) is 2. The minimum Gasteiger partial charge on any atom is -0.463 e.